The number of methoxy groups -OCH3 is 1. The number of ether oxygens (including phenoxy) is 1. The summed E-state index contributed by atoms with van der Waals surface area (Å²) in [5, 5.41) is 0. The summed E-state index contributed by atoms with van der Waals surface area (Å²) in [5.41, 5.74) is 1.91. The van der Waals surface area contributed by atoms with Crippen LogP contribution in [0, 0.1) is 0 Å². The molecule has 1 aliphatic rings. The standard InChI is InChI=1S/C13H20O3/c1-3-4-5-7-10-8-6-9-11(10)12(14)13(15)16-2/h3-9H2,1-2H3. The van der Waals surface area contributed by atoms with E-state index in [1.54, 1.807) is 0 Å². The summed E-state index contributed by atoms with van der Waals surface area (Å²) in [7, 11) is 1.26. The average molecular weight is 224 g/mol. The highest BCUT2D eigenvalue weighted by molar-refractivity contribution is 6.40. The van der Waals surface area contributed by atoms with E-state index < -0.39 is 11.8 Å². The van der Waals surface area contributed by atoms with Gasteiger partial charge in [0.25, 0.3) is 5.78 Å². The van der Waals surface area contributed by atoms with Crippen molar-refractivity contribution >= 4 is 11.8 Å². The molecular weight excluding hydrogens is 204 g/mol. The van der Waals surface area contributed by atoms with Gasteiger partial charge in [-0.05, 0) is 32.1 Å². The fourth-order valence-electron chi connectivity index (χ4n) is 2.16. The van der Waals surface area contributed by atoms with Gasteiger partial charge in [-0.2, -0.15) is 0 Å². The molecule has 0 heterocycles. The van der Waals surface area contributed by atoms with E-state index in [-0.39, 0.29) is 0 Å². The van der Waals surface area contributed by atoms with Gasteiger partial charge in [0.15, 0.2) is 0 Å². The van der Waals surface area contributed by atoms with E-state index in [9.17, 15) is 9.59 Å². The van der Waals surface area contributed by atoms with Crippen LogP contribution in [0.3, 0.4) is 0 Å². The molecule has 1 aliphatic carbocycles. The van der Waals surface area contributed by atoms with E-state index in [0.29, 0.717) is 0 Å². The van der Waals surface area contributed by atoms with Crippen molar-refractivity contribution in [3.05, 3.63) is 11.1 Å². The van der Waals surface area contributed by atoms with Gasteiger partial charge in [-0.15, -0.1) is 0 Å². The van der Waals surface area contributed by atoms with Gasteiger partial charge in [0, 0.05) is 5.57 Å². The largest absolute Gasteiger partial charge is 0.463 e. The highest BCUT2D eigenvalue weighted by Gasteiger charge is 2.25. The zero-order valence-electron chi connectivity index (χ0n) is 10.2. The molecule has 0 aromatic carbocycles. The zero-order chi connectivity index (χ0) is 12.0. The Morgan fingerprint density at radius 2 is 2.00 bits per heavy atom. The Morgan fingerprint density at radius 1 is 1.25 bits per heavy atom. The second-order valence-electron chi connectivity index (χ2n) is 4.21. The van der Waals surface area contributed by atoms with Gasteiger partial charge in [0.2, 0.25) is 0 Å². The van der Waals surface area contributed by atoms with Crippen LogP contribution in [0.25, 0.3) is 0 Å². The first kappa shape index (κ1) is 12.9. The van der Waals surface area contributed by atoms with Crippen LogP contribution < -0.4 is 0 Å². The van der Waals surface area contributed by atoms with Crippen molar-refractivity contribution in [1.82, 2.24) is 0 Å². The number of carbonyl (C=O) groups excluding carboxylic acids is 2. The van der Waals surface area contributed by atoms with Crippen LogP contribution in [0.5, 0.6) is 0 Å². The molecule has 1 rings (SSSR count). The lowest BCUT2D eigenvalue weighted by molar-refractivity contribution is -0.149. The van der Waals surface area contributed by atoms with E-state index in [2.05, 4.69) is 11.7 Å². The third-order valence-electron chi connectivity index (χ3n) is 3.06. The number of carbonyl (C=O) groups is 2. The van der Waals surface area contributed by atoms with Crippen molar-refractivity contribution < 1.29 is 14.3 Å². The minimum Gasteiger partial charge on any atom is -0.463 e. The highest BCUT2D eigenvalue weighted by Crippen LogP contribution is 2.30. The maximum absolute atomic E-state index is 11.7. The fraction of sp³-hybridized carbons (Fsp3) is 0.692. The van der Waals surface area contributed by atoms with Crippen molar-refractivity contribution in [1.29, 1.82) is 0 Å². The normalized spacial score (nSPS) is 15.4. The number of allylic oxidation sites excluding steroid dienone is 1. The second kappa shape index (κ2) is 6.46. The van der Waals surface area contributed by atoms with E-state index >= 15 is 0 Å². The quantitative estimate of drug-likeness (QED) is 0.396. The van der Waals surface area contributed by atoms with Gasteiger partial charge in [-0.3, -0.25) is 4.79 Å². The molecule has 0 spiro atoms. The Bertz CT molecular complexity index is 302. The van der Waals surface area contributed by atoms with Crippen molar-refractivity contribution in [2.24, 2.45) is 0 Å². The molecule has 0 amide bonds. The molecule has 90 valence electrons. The van der Waals surface area contributed by atoms with E-state index in [0.717, 1.165) is 37.7 Å². The van der Waals surface area contributed by atoms with E-state index in [4.69, 9.17) is 0 Å². The first-order valence-corrected chi connectivity index (χ1v) is 6.04. The molecule has 0 unspecified atom stereocenters. The minimum absolute atomic E-state index is 0.425. The molecule has 0 aliphatic heterocycles. The molecule has 3 heteroatoms. The van der Waals surface area contributed by atoms with Crippen molar-refractivity contribution in [2.75, 3.05) is 7.11 Å². The van der Waals surface area contributed by atoms with E-state index in [1.165, 1.54) is 25.5 Å². The number of esters is 1. The number of unbranched alkanes of at least 4 members (excludes halogenated alkanes) is 2. The molecule has 0 fully saturated rings. The van der Waals surface area contributed by atoms with Gasteiger partial charge in [0.05, 0.1) is 7.11 Å². The lowest BCUT2D eigenvalue weighted by Crippen LogP contribution is -2.17. The highest BCUT2D eigenvalue weighted by atomic mass is 16.5. The van der Waals surface area contributed by atoms with Gasteiger partial charge in [-0.25, -0.2) is 4.79 Å². The van der Waals surface area contributed by atoms with Gasteiger partial charge in [-0.1, -0.05) is 25.3 Å². The van der Waals surface area contributed by atoms with Crippen LogP contribution in [0.4, 0.5) is 0 Å². The van der Waals surface area contributed by atoms with Gasteiger partial charge < -0.3 is 4.74 Å². The monoisotopic (exact) mass is 224 g/mol. The summed E-state index contributed by atoms with van der Waals surface area (Å²) in [6, 6.07) is 0. The van der Waals surface area contributed by atoms with Gasteiger partial charge in [0.1, 0.15) is 0 Å². The number of rotatable bonds is 6. The second-order valence-corrected chi connectivity index (χ2v) is 4.21. The predicted octanol–water partition coefficient (Wildman–Crippen LogP) is 2.79. The molecule has 0 aromatic heterocycles. The number of ketones is 1. The molecule has 0 saturated heterocycles. The molecule has 0 N–H and O–H groups in total. The maximum atomic E-state index is 11.7. The predicted molar refractivity (Wildman–Crippen MR) is 62.0 cm³/mol. The van der Waals surface area contributed by atoms with Crippen LogP contribution in [-0.4, -0.2) is 18.9 Å². The molecule has 3 nitrogen and oxygen atoms in total. The minimum atomic E-state index is -0.718. The first-order valence-electron chi connectivity index (χ1n) is 6.04. The molecule has 0 aromatic rings. The van der Waals surface area contributed by atoms with Crippen LogP contribution in [0.15, 0.2) is 11.1 Å². The number of hydrogen-bond acceptors (Lipinski definition) is 3. The Morgan fingerprint density at radius 3 is 2.62 bits per heavy atom. The summed E-state index contributed by atoms with van der Waals surface area (Å²) in [6.45, 7) is 2.16. The Hall–Kier alpha value is -1.12. The van der Waals surface area contributed by atoms with Crippen LogP contribution in [0.2, 0.25) is 0 Å². The molecule has 0 atom stereocenters. The van der Waals surface area contributed by atoms with Crippen molar-refractivity contribution in [3.63, 3.8) is 0 Å². The summed E-state index contributed by atoms with van der Waals surface area (Å²) >= 11 is 0. The Labute approximate surface area is 96.9 Å². The van der Waals surface area contributed by atoms with Gasteiger partial charge >= 0.3 is 5.97 Å². The van der Waals surface area contributed by atoms with Crippen LogP contribution in [-0.2, 0) is 14.3 Å². The summed E-state index contributed by atoms with van der Waals surface area (Å²) in [4.78, 5) is 22.9. The molecule has 0 saturated carbocycles. The number of Topliss-reactive ketones (excluding diaryl/α,β-unsaturated/α-hetero) is 1. The summed E-state index contributed by atoms with van der Waals surface area (Å²) in [5.74, 6) is -1.14. The van der Waals surface area contributed by atoms with E-state index in [1.807, 2.05) is 0 Å². The first-order chi connectivity index (χ1) is 7.70. The summed E-state index contributed by atoms with van der Waals surface area (Å²) < 4.78 is 4.48. The third kappa shape index (κ3) is 3.19. The Balaban J connectivity index is 2.63. The molecular formula is C13H20O3. The molecule has 16 heavy (non-hydrogen) atoms. The fourth-order valence-corrected chi connectivity index (χ4v) is 2.16. The topological polar surface area (TPSA) is 43.4 Å². The Kier molecular flexibility index (Phi) is 5.23. The maximum Gasteiger partial charge on any atom is 0.379 e. The molecule has 0 radical (unpaired) electrons. The van der Waals surface area contributed by atoms with Crippen molar-refractivity contribution in [2.45, 2.75) is 51.9 Å². The van der Waals surface area contributed by atoms with Crippen LogP contribution >= 0.6 is 0 Å². The van der Waals surface area contributed by atoms with Crippen molar-refractivity contribution in [3.8, 4) is 0 Å². The SMILES string of the molecule is CCCCCC1=C(C(=O)C(=O)OC)CCC1. The third-order valence-corrected chi connectivity index (χ3v) is 3.06. The smallest absolute Gasteiger partial charge is 0.379 e. The summed E-state index contributed by atoms with van der Waals surface area (Å²) in [6.07, 6.45) is 7.16. The molecule has 0 bridgehead atoms. The van der Waals surface area contributed by atoms with Crippen LogP contribution in [0.1, 0.15) is 51.9 Å². The zero-order valence-corrected chi connectivity index (χ0v) is 10.2. The lowest BCUT2D eigenvalue weighted by Gasteiger charge is -2.05. The lowest BCUT2D eigenvalue weighted by atomic mass is 10.0. The number of hydrogen-bond donors (Lipinski definition) is 0. The average Bonchev–Trinajstić information content (AvgIpc) is 2.75.